The van der Waals surface area contributed by atoms with Crippen molar-refractivity contribution in [1.29, 1.82) is 0 Å². The summed E-state index contributed by atoms with van der Waals surface area (Å²) >= 11 is 0. The molecule has 3 N–H and O–H groups in total. The van der Waals surface area contributed by atoms with Crippen LogP contribution < -0.4 is 16.0 Å². The van der Waals surface area contributed by atoms with Crippen LogP contribution in [0, 0.1) is 10.1 Å². The third-order valence-electron chi connectivity index (χ3n) is 6.04. The van der Waals surface area contributed by atoms with Gasteiger partial charge >= 0.3 is 0 Å². The number of hydrogen-bond donors (Lipinski definition) is 3. The minimum Gasteiger partial charge on any atom is -0.343 e. The maximum atomic E-state index is 13.3. The molecule has 38 heavy (non-hydrogen) atoms. The van der Waals surface area contributed by atoms with Gasteiger partial charge in [-0.2, -0.15) is 0 Å². The minimum absolute atomic E-state index is 0.0629. The number of anilines is 1. The molecule has 0 heterocycles. The minimum atomic E-state index is -1.05. The van der Waals surface area contributed by atoms with E-state index in [0.29, 0.717) is 16.8 Å². The Morgan fingerprint density at radius 2 is 1.45 bits per heavy atom. The van der Waals surface area contributed by atoms with Crippen molar-refractivity contribution in [1.82, 2.24) is 10.6 Å². The molecule has 0 fully saturated rings. The average Bonchev–Trinajstić information content (AvgIpc) is 2.93. The molecule has 0 aliphatic heterocycles. The highest BCUT2D eigenvalue weighted by Gasteiger charge is 2.26. The molecule has 0 aromatic heterocycles. The van der Waals surface area contributed by atoms with Crippen LogP contribution >= 0.6 is 0 Å². The highest BCUT2D eigenvalue weighted by atomic mass is 16.6. The summed E-state index contributed by atoms with van der Waals surface area (Å²) in [5.74, 6) is -1.43. The van der Waals surface area contributed by atoms with Crippen LogP contribution in [0.15, 0.2) is 97.1 Å². The molecule has 0 saturated carbocycles. The van der Waals surface area contributed by atoms with Crippen LogP contribution in [-0.4, -0.2) is 34.7 Å². The van der Waals surface area contributed by atoms with Gasteiger partial charge in [0.2, 0.25) is 11.8 Å². The number of para-hydroxylation sites is 1. The Kier molecular flexibility index (Phi) is 8.07. The van der Waals surface area contributed by atoms with Crippen molar-refractivity contribution >= 4 is 39.9 Å². The highest BCUT2D eigenvalue weighted by molar-refractivity contribution is 6.08. The van der Waals surface area contributed by atoms with E-state index in [2.05, 4.69) is 16.0 Å². The van der Waals surface area contributed by atoms with E-state index in [1.165, 1.54) is 24.3 Å². The van der Waals surface area contributed by atoms with Crippen LogP contribution in [0.1, 0.15) is 22.8 Å². The zero-order valence-electron chi connectivity index (χ0n) is 20.6. The first-order valence-corrected chi connectivity index (χ1v) is 12.0. The van der Waals surface area contributed by atoms with E-state index in [4.69, 9.17) is 0 Å². The number of nitro benzene ring substituents is 1. The molecule has 3 amide bonds. The van der Waals surface area contributed by atoms with Crippen molar-refractivity contribution in [2.45, 2.75) is 25.4 Å². The average molecular weight is 511 g/mol. The first kappa shape index (κ1) is 26.0. The monoisotopic (exact) mass is 510 g/mol. The lowest BCUT2D eigenvalue weighted by atomic mass is 10.0. The smallest absolute Gasteiger partial charge is 0.269 e. The van der Waals surface area contributed by atoms with E-state index >= 15 is 0 Å². The van der Waals surface area contributed by atoms with Gasteiger partial charge in [0.25, 0.3) is 11.6 Å². The number of nitrogens with zero attached hydrogens (tertiary/aromatic N) is 1. The summed E-state index contributed by atoms with van der Waals surface area (Å²) in [6, 6.07) is 25.4. The number of rotatable bonds is 9. The zero-order chi connectivity index (χ0) is 27.1. The Labute approximate surface area is 219 Å². The van der Waals surface area contributed by atoms with Gasteiger partial charge in [-0.05, 0) is 41.5 Å². The Balaban J connectivity index is 1.54. The summed E-state index contributed by atoms with van der Waals surface area (Å²) in [5.41, 5.74) is 1.51. The quantitative estimate of drug-likeness (QED) is 0.229. The number of nitro groups is 1. The molecular formula is C29H26N4O5. The fraction of sp³-hybridized carbons (Fsp3) is 0.138. The molecule has 9 heteroatoms. The summed E-state index contributed by atoms with van der Waals surface area (Å²) in [6.07, 6.45) is 0.0629. The second-order valence-corrected chi connectivity index (χ2v) is 8.77. The number of nitrogens with one attached hydrogen (secondary N) is 3. The summed E-state index contributed by atoms with van der Waals surface area (Å²) in [6.45, 7) is 1.55. The first-order chi connectivity index (χ1) is 18.3. The highest BCUT2D eigenvalue weighted by Crippen LogP contribution is 2.19. The van der Waals surface area contributed by atoms with Gasteiger partial charge in [-0.25, -0.2) is 0 Å². The van der Waals surface area contributed by atoms with E-state index < -0.39 is 34.7 Å². The molecule has 0 spiro atoms. The number of benzene rings is 4. The maximum absolute atomic E-state index is 13.3. The number of carbonyl (C=O) groups excluding carboxylic acids is 3. The van der Waals surface area contributed by atoms with E-state index in [1.54, 1.807) is 43.3 Å². The molecule has 4 rings (SSSR count). The van der Waals surface area contributed by atoms with Crippen LogP contribution in [-0.2, 0) is 16.0 Å². The number of fused-ring (bicyclic) bond motifs is 1. The van der Waals surface area contributed by atoms with Crippen LogP contribution in [0.5, 0.6) is 0 Å². The number of hydrogen-bond acceptors (Lipinski definition) is 5. The Morgan fingerprint density at radius 3 is 2.16 bits per heavy atom. The van der Waals surface area contributed by atoms with Gasteiger partial charge in [0.1, 0.15) is 12.1 Å². The predicted octanol–water partition coefficient (Wildman–Crippen LogP) is 4.23. The van der Waals surface area contributed by atoms with Gasteiger partial charge in [0, 0.05) is 29.8 Å². The van der Waals surface area contributed by atoms with Crippen molar-refractivity contribution < 1.29 is 19.3 Å². The second-order valence-electron chi connectivity index (χ2n) is 8.77. The Hall–Kier alpha value is -5.05. The standard InChI is InChI=1S/C29H26N4O5/c1-19(27(34)31-22-10-3-2-4-11-22)30-29(36)26(18-20-14-16-23(17-15-20)33(37)38)32-28(35)25-13-7-9-21-8-5-6-12-24(21)25/h2-17,19,26H,18H2,1H3,(H,30,36)(H,31,34)(H,32,35)/t19-,26-/m0/s1. The third kappa shape index (κ3) is 6.38. The normalized spacial score (nSPS) is 12.2. The molecule has 0 saturated heterocycles. The summed E-state index contributed by atoms with van der Waals surface area (Å²) in [4.78, 5) is 49.8. The zero-order valence-corrected chi connectivity index (χ0v) is 20.6. The summed E-state index contributed by atoms with van der Waals surface area (Å²) < 4.78 is 0. The first-order valence-electron chi connectivity index (χ1n) is 12.0. The predicted molar refractivity (Wildman–Crippen MR) is 145 cm³/mol. The SMILES string of the molecule is C[C@H](NC(=O)[C@H](Cc1ccc([N+](=O)[O-])cc1)NC(=O)c1cccc2ccccc12)C(=O)Nc1ccccc1. The molecule has 0 unspecified atom stereocenters. The molecule has 4 aromatic rings. The molecule has 9 nitrogen and oxygen atoms in total. The fourth-order valence-electron chi connectivity index (χ4n) is 4.01. The molecule has 0 aliphatic rings. The Morgan fingerprint density at radius 1 is 0.789 bits per heavy atom. The molecular weight excluding hydrogens is 484 g/mol. The lowest BCUT2D eigenvalue weighted by molar-refractivity contribution is -0.384. The van der Waals surface area contributed by atoms with E-state index in [-0.39, 0.29) is 12.1 Å². The molecule has 0 bridgehead atoms. The number of carbonyl (C=O) groups is 3. The lowest BCUT2D eigenvalue weighted by Gasteiger charge is -2.22. The largest absolute Gasteiger partial charge is 0.343 e. The number of non-ortho nitro benzene ring substituents is 1. The lowest BCUT2D eigenvalue weighted by Crippen LogP contribution is -2.52. The van der Waals surface area contributed by atoms with Gasteiger partial charge in [-0.15, -0.1) is 0 Å². The van der Waals surface area contributed by atoms with Crippen molar-refractivity contribution in [2.24, 2.45) is 0 Å². The third-order valence-corrected chi connectivity index (χ3v) is 6.04. The van der Waals surface area contributed by atoms with Crippen molar-refractivity contribution in [2.75, 3.05) is 5.32 Å². The summed E-state index contributed by atoms with van der Waals surface area (Å²) in [5, 5.41) is 20.8. The Bertz CT molecular complexity index is 1470. The van der Waals surface area contributed by atoms with Gasteiger partial charge in [0.15, 0.2) is 0 Å². The summed E-state index contributed by atoms with van der Waals surface area (Å²) in [7, 11) is 0. The maximum Gasteiger partial charge on any atom is 0.269 e. The van der Waals surface area contributed by atoms with Gasteiger partial charge < -0.3 is 16.0 Å². The van der Waals surface area contributed by atoms with Gasteiger partial charge in [0.05, 0.1) is 4.92 Å². The molecule has 0 radical (unpaired) electrons. The van der Waals surface area contributed by atoms with E-state index in [0.717, 1.165) is 10.8 Å². The topological polar surface area (TPSA) is 130 Å². The number of amides is 3. The van der Waals surface area contributed by atoms with Crippen LogP contribution in [0.25, 0.3) is 10.8 Å². The molecule has 192 valence electrons. The van der Waals surface area contributed by atoms with E-state index in [1.807, 2.05) is 36.4 Å². The van der Waals surface area contributed by atoms with Gasteiger partial charge in [-0.1, -0.05) is 66.7 Å². The molecule has 2 atom stereocenters. The van der Waals surface area contributed by atoms with Crippen molar-refractivity contribution in [3.05, 3.63) is 118 Å². The van der Waals surface area contributed by atoms with Gasteiger partial charge in [-0.3, -0.25) is 24.5 Å². The van der Waals surface area contributed by atoms with Crippen LogP contribution in [0.4, 0.5) is 11.4 Å². The molecule has 0 aliphatic carbocycles. The molecule has 4 aromatic carbocycles. The van der Waals surface area contributed by atoms with Crippen LogP contribution in [0.3, 0.4) is 0 Å². The fourth-order valence-corrected chi connectivity index (χ4v) is 4.01. The van der Waals surface area contributed by atoms with Crippen LogP contribution in [0.2, 0.25) is 0 Å². The van der Waals surface area contributed by atoms with Crippen molar-refractivity contribution in [3.63, 3.8) is 0 Å². The van der Waals surface area contributed by atoms with E-state index in [9.17, 15) is 24.5 Å². The van der Waals surface area contributed by atoms with Crippen molar-refractivity contribution in [3.8, 4) is 0 Å². The second kappa shape index (κ2) is 11.8.